The van der Waals surface area contributed by atoms with Crippen molar-refractivity contribution in [2.45, 2.75) is 61.6 Å². The highest BCUT2D eigenvalue weighted by Gasteiger charge is 2.72. The highest BCUT2D eigenvalue weighted by atomic mass is 16.5. The Labute approximate surface area is 142 Å². The number of likely N-dealkylation sites (N-methyl/N-ethyl adjacent to an activating group) is 1. The van der Waals surface area contributed by atoms with E-state index in [1.165, 1.54) is 5.56 Å². The van der Waals surface area contributed by atoms with Crippen molar-refractivity contribution in [3.63, 3.8) is 0 Å². The smallest absolute Gasteiger partial charge is 0.137 e. The molecule has 5 nitrogen and oxygen atoms in total. The van der Waals surface area contributed by atoms with E-state index in [2.05, 4.69) is 18.0 Å². The highest BCUT2D eigenvalue weighted by Crippen LogP contribution is 2.64. The minimum atomic E-state index is -0.786. The minimum absolute atomic E-state index is 0.0146. The standard InChI is InChI=1S/C19H25NO4/c1-20-8-7-18-15-11-3-4-12(10-21)16(15)24-17(18)13(23-2)5-6-19(18,22)14(20)9-11/h3-4,13-14,17,21-22H,5-10H2,1-2H3/t13?,14-,17?,18+,19?/m1/s1. The van der Waals surface area contributed by atoms with Crippen LogP contribution in [0, 0.1) is 0 Å². The average molecular weight is 331 g/mol. The maximum absolute atomic E-state index is 11.9. The van der Waals surface area contributed by atoms with Crippen LogP contribution < -0.4 is 4.74 Å². The van der Waals surface area contributed by atoms with Crippen molar-refractivity contribution in [1.29, 1.82) is 0 Å². The number of likely N-dealkylation sites (tertiary alicyclic amines) is 1. The summed E-state index contributed by atoms with van der Waals surface area (Å²) in [6.45, 7) is 0.913. The van der Waals surface area contributed by atoms with Gasteiger partial charge in [0.1, 0.15) is 11.9 Å². The summed E-state index contributed by atoms with van der Waals surface area (Å²) in [6, 6.07) is 4.22. The van der Waals surface area contributed by atoms with Gasteiger partial charge in [-0.05, 0) is 44.8 Å². The molecule has 0 amide bonds. The molecular weight excluding hydrogens is 306 g/mol. The Morgan fingerprint density at radius 1 is 1.38 bits per heavy atom. The van der Waals surface area contributed by atoms with Crippen molar-refractivity contribution in [3.05, 3.63) is 28.8 Å². The summed E-state index contributed by atoms with van der Waals surface area (Å²) in [5.41, 5.74) is 2.06. The van der Waals surface area contributed by atoms with Gasteiger partial charge in [0, 0.05) is 24.3 Å². The Balaban J connectivity index is 1.82. The number of rotatable bonds is 2. The van der Waals surface area contributed by atoms with Crippen molar-refractivity contribution in [3.8, 4) is 5.75 Å². The molecule has 2 aliphatic carbocycles. The number of aliphatic hydroxyl groups excluding tert-OH is 1. The quantitative estimate of drug-likeness (QED) is 0.846. The number of ether oxygens (including phenoxy) is 2. The second-order valence-electron chi connectivity index (χ2n) is 7.94. The largest absolute Gasteiger partial charge is 0.486 e. The molecule has 5 rings (SSSR count). The molecule has 1 aromatic rings. The van der Waals surface area contributed by atoms with Gasteiger partial charge >= 0.3 is 0 Å². The van der Waals surface area contributed by atoms with Gasteiger partial charge in [0.25, 0.3) is 0 Å². The number of methoxy groups -OCH3 is 1. The molecule has 4 aliphatic rings. The number of benzene rings is 1. The SMILES string of the molecule is COC1CCC2(O)[C@H]3Cc4ccc(CO)c5c4[C@@]2(CCN3C)C1O5. The molecule has 2 N–H and O–H groups in total. The third kappa shape index (κ3) is 1.47. The summed E-state index contributed by atoms with van der Waals surface area (Å²) in [7, 11) is 3.86. The maximum atomic E-state index is 11.9. The molecule has 5 atom stereocenters. The molecule has 130 valence electrons. The molecular formula is C19H25NO4. The Morgan fingerprint density at radius 2 is 2.21 bits per heavy atom. The lowest BCUT2D eigenvalue weighted by atomic mass is 9.48. The summed E-state index contributed by atoms with van der Waals surface area (Å²) >= 11 is 0. The first-order chi connectivity index (χ1) is 11.6. The van der Waals surface area contributed by atoms with Gasteiger partial charge in [0.15, 0.2) is 0 Å². The Hall–Kier alpha value is -1.14. The molecule has 5 heteroatoms. The van der Waals surface area contributed by atoms with Crippen molar-refractivity contribution < 1.29 is 19.7 Å². The molecule has 1 aromatic carbocycles. The molecule has 2 fully saturated rings. The zero-order valence-electron chi connectivity index (χ0n) is 14.3. The first-order valence-electron chi connectivity index (χ1n) is 8.95. The van der Waals surface area contributed by atoms with Gasteiger partial charge in [0.2, 0.25) is 0 Å². The first-order valence-corrected chi connectivity index (χ1v) is 8.95. The fraction of sp³-hybridized carbons (Fsp3) is 0.684. The van der Waals surface area contributed by atoms with E-state index in [-0.39, 0.29) is 24.9 Å². The summed E-state index contributed by atoms with van der Waals surface area (Å²) in [5, 5.41) is 21.7. The van der Waals surface area contributed by atoms with Crippen molar-refractivity contribution in [2.75, 3.05) is 20.7 Å². The van der Waals surface area contributed by atoms with E-state index in [4.69, 9.17) is 9.47 Å². The zero-order valence-corrected chi connectivity index (χ0v) is 14.3. The lowest BCUT2D eigenvalue weighted by Crippen LogP contribution is -2.76. The van der Waals surface area contributed by atoms with E-state index in [0.29, 0.717) is 0 Å². The predicted molar refractivity (Wildman–Crippen MR) is 88.2 cm³/mol. The maximum Gasteiger partial charge on any atom is 0.137 e. The van der Waals surface area contributed by atoms with Gasteiger partial charge in [-0.25, -0.2) is 0 Å². The second-order valence-corrected chi connectivity index (χ2v) is 7.94. The Morgan fingerprint density at radius 3 is 2.96 bits per heavy atom. The first kappa shape index (κ1) is 15.1. The lowest BCUT2D eigenvalue weighted by molar-refractivity contribution is -0.208. The van der Waals surface area contributed by atoms with E-state index in [0.717, 1.165) is 49.1 Å². The van der Waals surface area contributed by atoms with Crippen LogP contribution in [0.3, 0.4) is 0 Å². The number of aliphatic hydroxyl groups is 2. The average Bonchev–Trinajstić information content (AvgIpc) is 2.93. The van der Waals surface area contributed by atoms with E-state index in [1.807, 2.05) is 6.07 Å². The minimum Gasteiger partial charge on any atom is -0.486 e. The number of piperidine rings is 1. The molecule has 1 saturated heterocycles. The van der Waals surface area contributed by atoms with Crippen LogP contribution in [0.4, 0.5) is 0 Å². The van der Waals surface area contributed by atoms with Gasteiger partial charge in [0.05, 0.1) is 23.7 Å². The fourth-order valence-corrected chi connectivity index (χ4v) is 6.14. The molecule has 2 heterocycles. The second kappa shape index (κ2) is 4.73. The highest BCUT2D eigenvalue weighted by molar-refractivity contribution is 5.60. The monoisotopic (exact) mass is 331 g/mol. The molecule has 2 bridgehead atoms. The third-order valence-electron chi connectivity index (χ3n) is 7.25. The summed E-state index contributed by atoms with van der Waals surface area (Å²) in [5.74, 6) is 0.811. The fourth-order valence-electron chi connectivity index (χ4n) is 6.14. The van der Waals surface area contributed by atoms with Crippen LogP contribution in [0.15, 0.2) is 12.1 Å². The number of nitrogens with zero attached hydrogens (tertiary/aromatic N) is 1. The van der Waals surface area contributed by atoms with Gasteiger partial charge in [-0.15, -0.1) is 0 Å². The zero-order chi connectivity index (χ0) is 16.7. The van der Waals surface area contributed by atoms with Gasteiger partial charge in [-0.2, -0.15) is 0 Å². The molecule has 0 aromatic heterocycles. The van der Waals surface area contributed by atoms with Crippen LogP contribution >= 0.6 is 0 Å². The van der Waals surface area contributed by atoms with Gasteiger partial charge in [-0.3, -0.25) is 0 Å². The van der Waals surface area contributed by atoms with Crippen LogP contribution in [0.2, 0.25) is 0 Å². The van der Waals surface area contributed by atoms with Crippen molar-refractivity contribution >= 4 is 0 Å². The van der Waals surface area contributed by atoms with Crippen LogP contribution in [0.1, 0.15) is 36.0 Å². The van der Waals surface area contributed by atoms with Gasteiger partial charge < -0.3 is 24.6 Å². The van der Waals surface area contributed by atoms with Crippen LogP contribution in [0.5, 0.6) is 5.75 Å². The molecule has 1 spiro atoms. The molecule has 3 unspecified atom stereocenters. The van der Waals surface area contributed by atoms with E-state index < -0.39 is 11.0 Å². The summed E-state index contributed by atoms with van der Waals surface area (Å²) in [4.78, 5) is 2.32. The predicted octanol–water partition coefficient (Wildman–Crippen LogP) is 0.978. The summed E-state index contributed by atoms with van der Waals surface area (Å²) in [6.07, 6.45) is 3.08. The van der Waals surface area contributed by atoms with E-state index >= 15 is 0 Å². The topological polar surface area (TPSA) is 62.2 Å². The molecule has 1 saturated carbocycles. The Bertz CT molecular complexity index is 707. The molecule has 24 heavy (non-hydrogen) atoms. The van der Waals surface area contributed by atoms with Crippen molar-refractivity contribution in [1.82, 2.24) is 4.90 Å². The third-order valence-corrected chi connectivity index (χ3v) is 7.25. The van der Waals surface area contributed by atoms with E-state index in [1.54, 1.807) is 7.11 Å². The number of hydrogen-bond acceptors (Lipinski definition) is 5. The van der Waals surface area contributed by atoms with Crippen LogP contribution in [-0.4, -0.2) is 59.7 Å². The van der Waals surface area contributed by atoms with Crippen molar-refractivity contribution in [2.24, 2.45) is 0 Å². The number of hydrogen-bond donors (Lipinski definition) is 2. The lowest BCUT2D eigenvalue weighted by Gasteiger charge is -2.63. The normalized spacial score (nSPS) is 42.6. The van der Waals surface area contributed by atoms with Gasteiger partial charge in [-0.1, -0.05) is 12.1 Å². The summed E-state index contributed by atoms with van der Waals surface area (Å²) < 4.78 is 12.2. The van der Waals surface area contributed by atoms with Crippen LogP contribution in [0.25, 0.3) is 0 Å². The van der Waals surface area contributed by atoms with E-state index in [9.17, 15) is 10.2 Å². The molecule has 0 radical (unpaired) electrons. The molecule has 2 aliphatic heterocycles. The van der Waals surface area contributed by atoms with Crippen LogP contribution in [-0.2, 0) is 23.2 Å². The Kier molecular flexibility index (Phi) is 2.98.